The van der Waals surface area contributed by atoms with Crippen molar-refractivity contribution in [3.8, 4) is 0 Å². The number of nitrogens with one attached hydrogen (secondary N) is 1. The fourth-order valence-electron chi connectivity index (χ4n) is 1.50. The molecule has 2 aromatic heterocycles. The SMILES string of the molecule is CC(C)c1nc(C(=O)NCCc2cccs2)cs1. The monoisotopic (exact) mass is 280 g/mol. The molecule has 2 heterocycles. The molecule has 0 saturated heterocycles. The Bertz CT molecular complexity index is 503. The minimum absolute atomic E-state index is 0.0743. The van der Waals surface area contributed by atoms with Crippen LogP contribution in [0.5, 0.6) is 0 Å². The van der Waals surface area contributed by atoms with Gasteiger partial charge < -0.3 is 5.32 Å². The largest absolute Gasteiger partial charge is 0.350 e. The quantitative estimate of drug-likeness (QED) is 0.913. The van der Waals surface area contributed by atoms with Gasteiger partial charge >= 0.3 is 0 Å². The number of carbonyl (C=O) groups excluding carboxylic acids is 1. The number of thiophene rings is 1. The van der Waals surface area contributed by atoms with E-state index < -0.39 is 0 Å². The van der Waals surface area contributed by atoms with Crippen LogP contribution in [0.2, 0.25) is 0 Å². The van der Waals surface area contributed by atoms with E-state index in [1.54, 1.807) is 22.7 Å². The number of nitrogens with zero attached hydrogens (tertiary/aromatic N) is 1. The highest BCUT2D eigenvalue weighted by Gasteiger charge is 2.11. The van der Waals surface area contributed by atoms with Gasteiger partial charge in [0.25, 0.3) is 5.91 Å². The summed E-state index contributed by atoms with van der Waals surface area (Å²) >= 11 is 3.26. The second-order valence-electron chi connectivity index (χ2n) is 4.31. The molecule has 0 aliphatic carbocycles. The first kappa shape index (κ1) is 13.2. The highest BCUT2D eigenvalue weighted by molar-refractivity contribution is 7.10. The lowest BCUT2D eigenvalue weighted by Gasteiger charge is -2.01. The molecule has 1 amide bonds. The van der Waals surface area contributed by atoms with E-state index >= 15 is 0 Å². The van der Waals surface area contributed by atoms with Crippen LogP contribution in [-0.4, -0.2) is 17.4 Å². The number of hydrogen-bond donors (Lipinski definition) is 1. The van der Waals surface area contributed by atoms with Gasteiger partial charge in [-0.05, 0) is 17.9 Å². The molecule has 0 radical (unpaired) electrons. The van der Waals surface area contributed by atoms with E-state index in [9.17, 15) is 4.79 Å². The summed E-state index contributed by atoms with van der Waals surface area (Å²) in [4.78, 5) is 17.5. The van der Waals surface area contributed by atoms with Gasteiger partial charge in [-0.2, -0.15) is 0 Å². The molecular weight excluding hydrogens is 264 g/mol. The van der Waals surface area contributed by atoms with E-state index in [0.29, 0.717) is 18.2 Å². The van der Waals surface area contributed by atoms with Crippen LogP contribution >= 0.6 is 22.7 Å². The zero-order valence-electron chi connectivity index (χ0n) is 10.5. The predicted octanol–water partition coefficient (Wildman–Crippen LogP) is 3.30. The lowest BCUT2D eigenvalue weighted by Crippen LogP contribution is -2.25. The summed E-state index contributed by atoms with van der Waals surface area (Å²) in [7, 11) is 0. The van der Waals surface area contributed by atoms with Gasteiger partial charge in [0.15, 0.2) is 0 Å². The van der Waals surface area contributed by atoms with E-state index in [-0.39, 0.29) is 5.91 Å². The number of hydrogen-bond acceptors (Lipinski definition) is 4. The van der Waals surface area contributed by atoms with Crippen molar-refractivity contribution < 1.29 is 4.79 Å². The van der Waals surface area contributed by atoms with Crippen molar-refractivity contribution in [1.29, 1.82) is 0 Å². The molecule has 2 rings (SSSR count). The molecule has 0 aliphatic rings. The normalized spacial score (nSPS) is 10.8. The van der Waals surface area contributed by atoms with Gasteiger partial charge in [-0.15, -0.1) is 22.7 Å². The summed E-state index contributed by atoms with van der Waals surface area (Å²) in [6.07, 6.45) is 0.880. The second kappa shape index (κ2) is 6.11. The summed E-state index contributed by atoms with van der Waals surface area (Å²) in [5, 5.41) is 7.79. The zero-order chi connectivity index (χ0) is 13.0. The third-order valence-electron chi connectivity index (χ3n) is 2.49. The molecular formula is C13H16N2OS2. The predicted molar refractivity (Wildman–Crippen MR) is 76.6 cm³/mol. The van der Waals surface area contributed by atoms with Crippen molar-refractivity contribution in [3.63, 3.8) is 0 Å². The van der Waals surface area contributed by atoms with E-state index in [1.807, 2.05) is 16.8 Å². The maximum atomic E-state index is 11.8. The van der Waals surface area contributed by atoms with Crippen molar-refractivity contribution >= 4 is 28.6 Å². The Balaban J connectivity index is 1.83. The van der Waals surface area contributed by atoms with Crippen LogP contribution in [0, 0.1) is 0 Å². The lowest BCUT2D eigenvalue weighted by molar-refractivity contribution is 0.0949. The molecule has 0 saturated carbocycles. The Labute approximate surface area is 115 Å². The first-order chi connectivity index (χ1) is 8.66. The highest BCUT2D eigenvalue weighted by Crippen LogP contribution is 2.19. The van der Waals surface area contributed by atoms with Crippen LogP contribution in [0.4, 0.5) is 0 Å². The molecule has 2 aromatic rings. The van der Waals surface area contributed by atoms with Gasteiger partial charge in [-0.3, -0.25) is 4.79 Å². The average Bonchev–Trinajstić information content (AvgIpc) is 2.99. The lowest BCUT2D eigenvalue weighted by atomic mass is 10.2. The van der Waals surface area contributed by atoms with Gasteiger partial charge in [0.2, 0.25) is 0 Å². The second-order valence-corrected chi connectivity index (χ2v) is 6.23. The summed E-state index contributed by atoms with van der Waals surface area (Å²) in [6.45, 7) is 4.82. The first-order valence-electron chi connectivity index (χ1n) is 5.93. The minimum Gasteiger partial charge on any atom is -0.350 e. The number of carbonyl (C=O) groups is 1. The molecule has 1 N–H and O–H groups in total. The molecule has 3 nitrogen and oxygen atoms in total. The molecule has 0 fully saturated rings. The molecule has 96 valence electrons. The average molecular weight is 280 g/mol. The maximum Gasteiger partial charge on any atom is 0.270 e. The zero-order valence-corrected chi connectivity index (χ0v) is 12.1. The molecule has 18 heavy (non-hydrogen) atoms. The van der Waals surface area contributed by atoms with Crippen LogP contribution in [0.1, 0.15) is 40.1 Å². The summed E-state index contributed by atoms with van der Waals surface area (Å²) in [5.74, 6) is 0.303. The Morgan fingerprint density at radius 2 is 2.28 bits per heavy atom. The van der Waals surface area contributed by atoms with Crippen molar-refractivity contribution in [2.24, 2.45) is 0 Å². The van der Waals surface area contributed by atoms with Crippen LogP contribution in [0.25, 0.3) is 0 Å². The van der Waals surface area contributed by atoms with Crippen molar-refractivity contribution in [3.05, 3.63) is 38.5 Å². The van der Waals surface area contributed by atoms with Gasteiger partial charge in [-0.1, -0.05) is 19.9 Å². The van der Waals surface area contributed by atoms with Crippen molar-refractivity contribution in [1.82, 2.24) is 10.3 Å². The molecule has 0 atom stereocenters. The van der Waals surface area contributed by atoms with E-state index in [4.69, 9.17) is 0 Å². The van der Waals surface area contributed by atoms with Crippen LogP contribution in [-0.2, 0) is 6.42 Å². The molecule has 5 heteroatoms. The standard InChI is InChI=1S/C13H16N2OS2/c1-9(2)13-15-11(8-18-13)12(16)14-6-5-10-4-3-7-17-10/h3-4,7-9H,5-6H2,1-2H3,(H,14,16). The Hall–Kier alpha value is -1.20. The van der Waals surface area contributed by atoms with Gasteiger partial charge in [0.05, 0.1) is 5.01 Å². The van der Waals surface area contributed by atoms with E-state index in [1.165, 1.54) is 4.88 Å². The third-order valence-corrected chi connectivity index (χ3v) is 4.57. The fourth-order valence-corrected chi connectivity index (χ4v) is 3.03. The van der Waals surface area contributed by atoms with Crippen LogP contribution in [0.15, 0.2) is 22.9 Å². The summed E-state index contributed by atoms with van der Waals surface area (Å²) in [6, 6.07) is 4.10. The highest BCUT2D eigenvalue weighted by atomic mass is 32.1. The summed E-state index contributed by atoms with van der Waals surface area (Å²) < 4.78 is 0. The number of aromatic nitrogens is 1. The van der Waals surface area contributed by atoms with Crippen molar-refractivity contribution in [2.75, 3.05) is 6.54 Å². The van der Waals surface area contributed by atoms with Crippen LogP contribution < -0.4 is 5.32 Å². The van der Waals surface area contributed by atoms with Crippen molar-refractivity contribution in [2.45, 2.75) is 26.2 Å². The number of amides is 1. The molecule has 0 aromatic carbocycles. The van der Waals surface area contributed by atoms with E-state index in [0.717, 1.165) is 11.4 Å². The molecule has 0 spiro atoms. The number of thiazole rings is 1. The van der Waals surface area contributed by atoms with Crippen LogP contribution in [0.3, 0.4) is 0 Å². The summed E-state index contributed by atoms with van der Waals surface area (Å²) in [5.41, 5.74) is 0.537. The Morgan fingerprint density at radius 1 is 1.44 bits per heavy atom. The van der Waals surface area contributed by atoms with Gasteiger partial charge in [0.1, 0.15) is 5.69 Å². The first-order valence-corrected chi connectivity index (χ1v) is 7.68. The topological polar surface area (TPSA) is 42.0 Å². The molecule has 0 unspecified atom stereocenters. The minimum atomic E-state index is -0.0743. The maximum absolute atomic E-state index is 11.8. The fraction of sp³-hybridized carbons (Fsp3) is 0.385. The van der Waals surface area contributed by atoms with Gasteiger partial charge in [0, 0.05) is 22.7 Å². The van der Waals surface area contributed by atoms with E-state index in [2.05, 4.69) is 30.2 Å². The molecule has 0 aliphatic heterocycles. The smallest absolute Gasteiger partial charge is 0.270 e. The number of rotatable bonds is 5. The third kappa shape index (κ3) is 3.40. The molecule has 0 bridgehead atoms. The Kier molecular flexibility index (Phi) is 4.49. The van der Waals surface area contributed by atoms with Gasteiger partial charge in [-0.25, -0.2) is 4.98 Å². The Morgan fingerprint density at radius 3 is 2.89 bits per heavy atom.